The summed E-state index contributed by atoms with van der Waals surface area (Å²) in [6.07, 6.45) is 70.7. The highest BCUT2D eigenvalue weighted by atomic mass is 16.7. The molecule has 1 aliphatic heterocycles. The maximum absolute atomic E-state index is 13.0. The van der Waals surface area contributed by atoms with Crippen molar-refractivity contribution in [3.63, 3.8) is 0 Å². The third-order valence-electron chi connectivity index (χ3n) is 15.8. The van der Waals surface area contributed by atoms with E-state index in [4.69, 9.17) is 14.2 Å². The molecular formula is C71H127NO10. The second-order valence-electron chi connectivity index (χ2n) is 23.5. The molecule has 1 saturated heterocycles. The van der Waals surface area contributed by atoms with E-state index in [0.717, 1.165) is 70.6 Å². The Morgan fingerprint density at radius 1 is 0.476 bits per heavy atom. The van der Waals surface area contributed by atoms with Crippen molar-refractivity contribution in [2.24, 2.45) is 0 Å². The fourth-order valence-electron chi connectivity index (χ4n) is 10.4. The number of nitrogens with one attached hydrogen (secondary N) is 1. The van der Waals surface area contributed by atoms with Gasteiger partial charge in [-0.25, -0.2) is 0 Å². The van der Waals surface area contributed by atoms with E-state index in [1.165, 1.54) is 205 Å². The SMILES string of the molecule is C/C=C/CC/C=C/CC/C=C/C(O)C(COC1OC(CO)C(O)C(O)C1O)NC(=O)CCCCCCCCCCCCCCCCC/C=C\C/C=C\CCCCCCCCCCCOC(=O)CCCCCCC/C=C\CCCCCCC. The number of aliphatic hydroxyl groups is 5. The average molecular weight is 1150 g/mol. The molecule has 11 heteroatoms. The Balaban J connectivity index is 1.94. The summed E-state index contributed by atoms with van der Waals surface area (Å²) in [7, 11) is 0. The van der Waals surface area contributed by atoms with Crippen molar-refractivity contribution in [1.82, 2.24) is 5.32 Å². The number of ether oxygens (including phenoxy) is 3. The fourth-order valence-corrected chi connectivity index (χ4v) is 10.4. The van der Waals surface area contributed by atoms with Gasteiger partial charge in [0.2, 0.25) is 5.91 Å². The van der Waals surface area contributed by atoms with Crippen molar-refractivity contribution in [3.8, 4) is 0 Å². The molecule has 82 heavy (non-hydrogen) atoms. The van der Waals surface area contributed by atoms with Gasteiger partial charge in [-0.2, -0.15) is 0 Å². The summed E-state index contributed by atoms with van der Waals surface area (Å²) in [5.74, 6) is -0.204. The molecule has 7 unspecified atom stereocenters. The molecule has 6 N–H and O–H groups in total. The van der Waals surface area contributed by atoms with Gasteiger partial charge in [0.1, 0.15) is 24.4 Å². The number of esters is 1. The third-order valence-corrected chi connectivity index (χ3v) is 15.8. The highest BCUT2D eigenvalue weighted by molar-refractivity contribution is 5.76. The summed E-state index contributed by atoms with van der Waals surface area (Å²) in [5.41, 5.74) is 0. The lowest BCUT2D eigenvalue weighted by Gasteiger charge is -2.40. The van der Waals surface area contributed by atoms with E-state index in [1.54, 1.807) is 6.08 Å². The summed E-state index contributed by atoms with van der Waals surface area (Å²) in [5, 5.41) is 54.2. The largest absolute Gasteiger partial charge is 0.466 e. The summed E-state index contributed by atoms with van der Waals surface area (Å²) in [6.45, 7) is 4.08. The first-order valence-electron chi connectivity index (χ1n) is 34.2. The molecule has 0 aromatic carbocycles. The molecule has 11 nitrogen and oxygen atoms in total. The Labute approximate surface area is 502 Å². The van der Waals surface area contributed by atoms with Crippen molar-refractivity contribution in [3.05, 3.63) is 72.9 Å². The topological polar surface area (TPSA) is 175 Å². The van der Waals surface area contributed by atoms with Gasteiger partial charge in [-0.05, 0) is 110 Å². The van der Waals surface area contributed by atoms with Crippen molar-refractivity contribution in [1.29, 1.82) is 0 Å². The summed E-state index contributed by atoms with van der Waals surface area (Å²) in [6, 6.07) is -0.834. The summed E-state index contributed by atoms with van der Waals surface area (Å²) < 4.78 is 16.7. The molecule has 0 radical (unpaired) electrons. The zero-order valence-corrected chi connectivity index (χ0v) is 52.7. The van der Waals surface area contributed by atoms with Crippen LogP contribution in [0.1, 0.15) is 303 Å². The minimum Gasteiger partial charge on any atom is -0.466 e. The molecule has 1 heterocycles. The van der Waals surface area contributed by atoms with Crippen LogP contribution in [0.5, 0.6) is 0 Å². The summed E-state index contributed by atoms with van der Waals surface area (Å²) >= 11 is 0. The standard InChI is InChI=1S/C71H127NO10/c1-3-5-7-9-11-13-14-15-36-39-43-47-51-55-59-67(76)80-60-56-52-48-44-40-37-34-32-30-28-26-24-22-20-18-16-17-19-21-23-25-27-29-31-33-35-38-42-46-50-54-58-66(75)72-63(64(74)57-53-49-45-41-12-10-8-6-4-2)62-81-71-70(79)69(78)68(77)65(61-73)82-71/h4,6,12,14-15,18,20,24,26,41,53,57,63-65,68-71,73-74,77-79H,3,5,7-11,13,16-17,19,21-23,25,27-40,42-52,54-56,58-62H2,1-2H3,(H,72,75)/b6-4+,15-14-,20-18-,26-24-,41-12+,57-53+. The first-order chi connectivity index (χ1) is 40.2. The van der Waals surface area contributed by atoms with Gasteiger partial charge in [-0.1, -0.05) is 253 Å². The van der Waals surface area contributed by atoms with Gasteiger partial charge in [0.15, 0.2) is 6.29 Å². The maximum atomic E-state index is 13.0. The van der Waals surface area contributed by atoms with Crippen LogP contribution < -0.4 is 5.32 Å². The quantitative estimate of drug-likeness (QED) is 0.0195. The Kier molecular flexibility index (Phi) is 56.2. The van der Waals surface area contributed by atoms with Crippen molar-refractivity contribution in [2.75, 3.05) is 19.8 Å². The molecule has 1 aliphatic rings. The predicted molar refractivity (Wildman–Crippen MR) is 343 cm³/mol. The molecule has 1 fully saturated rings. The molecule has 1 rings (SSSR count). The minimum absolute atomic E-state index is 0.00437. The Hall–Kier alpha value is -2.90. The fraction of sp³-hybridized carbons (Fsp3) is 0.803. The monoisotopic (exact) mass is 1150 g/mol. The van der Waals surface area contributed by atoms with Gasteiger partial charge in [-0.15, -0.1) is 0 Å². The van der Waals surface area contributed by atoms with Crippen molar-refractivity contribution in [2.45, 2.75) is 346 Å². The molecule has 0 aromatic heterocycles. The number of carbonyl (C=O) groups is 2. The van der Waals surface area contributed by atoms with Gasteiger partial charge >= 0.3 is 5.97 Å². The smallest absolute Gasteiger partial charge is 0.305 e. The highest BCUT2D eigenvalue weighted by Crippen LogP contribution is 2.23. The van der Waals surface area contributed by atoms with Crippen LogP contribution in [-0.2, 0) is 23.8 Å². The highest BCUT2D eigenvalue weighted by Gasteiger charge is 2.44. The van der Waals surface area contributed by atoms with Crippen molar-refractivity contribution < 1.29 is 49.3 Å². The van der Waals surface area contributed by atoms with Crippen LogP contribution in [0, 0.1) is 0 Å². The lowest BCUT2D eigenvalue weighted by molar-refractivity contribution is -0.302. The van der Waals surface area contributed by atoms with Gasteiger partial charge in [0.25, 0.3) is 0 Å². The zero-order valence-electron chi connectivity index (χ0n) is 52.7. The van der Waals surface area contributed by atoms with E-state index in [0.29, 0.717) is 19.4 Å². The minimum atomic E-state index is -1.58. The Morgan fingerprint density at radius 2 is 0.878 bits per heavy atom. The number of rotatable bonds is 59. The van der Waals surface area contributed by atoms with E-state index in [2.05, 4.69) is 66.9 Å². The molecule has 7 atom stereocenters. The first-order valence-corrected chi connectivity index (χ1v) is 34.2. The van der Waals surface area contributed by atoms with Crippen LogP contribution >= 0.6 is 0 Å². The number of hydrogen-bond donors (Lipinski definition) is 6. The normalized spacial score (nSPS) is 18.6. The summed E-state index contributed by atoms with van der Waals surface area (Å²) in [4.78, 5) is 25.1. The number of amides is 1. The first kappa shape index (κ1) is 77.1. The Morgan fingerprint density at radius 3 is 1.35 bits per heavy atom. The van der Waals surface area contributed by atoms with Crippen LogP contribution in [0.15, 0.2) is 72.9 Å². The molecular weight excluding hydrogens is 1030 g/mol. The molecule has 476 valence electrons. The van der Waals surface area contributed by atoms with Crippen LogP contribution in [0.2, 0.25) is 0 Å². The van der Waals surface area contributed by atoms with Crippen LogP contribution in [0.4, 0.5) is 0 Å². The van der Waals surface area contributed by atoms with E-state index in [1.807, 2.05) is 19.1 Å². The van der Waals surface area contributed by atoms with Gasteiger partial charge < -0.3 is 45.1 Å². The number of unbranched alkanes of at least 4 members (excludes halogenated alkanes) is 36. The van der Waals surface area contributed by atoms with Crippen LogP contribution in [0.3, 0.4) is 0 Å². The second kappa shape index (κ2) is 59.8. The van der Waals surface area contributed by atoms with Gasteiger partial charge in [0, 0.05) is 12.8 Å². The van der Waals surface area contributed by atoms with Crippen LogP contribution in [-0.4, -0.2) is 100 Å². The average Bonchev–Trinajstić information content (AvgIpc) is 3.58. The Bertz CT molecular complexity index is 1590. The van der Waals surface area contributed by atoms with E-state index in [-0.39, 0.29) is 18.5 Å². The molecule has 0 aliphatic carbocycles. The third kappa shape index (κ3) is 48.3. The second-order valence-corrected chi connectivity index (χ2v) is 23.5. The molecule has 0 bridgehead atoms. The van der Waals surface area contributed by atoms with Gasteiger partial charge in [-0.3, -0.25) is 9.59 Å². The van der Waals surface area contributed by atoms with Gasteiger partial charge in [0.05, 0.1) is 32.0 Å². The predicted octanol–water partition coefficient (Wildman–Crippen LogP) is 17.1. The molecule has 1 amide bonds. The van der Waals surface area contributed by atoms with E-state index in [9.17, 15) is 35.1 Å². The zero-order chi connectivity index (χ0) is 59.5. The van der Waals surface area contributed by atoms with E-state index < -0.39 is 49.5 Å². The lowest BCUT2D eigenvalue weighted by atomic mass is 9.99. The van der Waals surface area contributed by atoms with Crippen molar-refractivity contribution >= 4 is 11.9 Å². The van der Waals surface area contributed by atoms with E-state index >= 15 is 0 Å². The molecule has 0 saturated carbocycles. The lowest BCUT2D eigenvalue weighted by Crippen LogP contribution is -2.60. The number of allylic oxidation sites excluding steroid dienone is 11. The number of aliphatic hydroxyl groups excluding tert-OH is 5. The van der Waals surface area contributed by atoms with Crippen LogP contribution in [0.25, 0.3) is 0 Å². The number of hydrogen-bond acceptors (Lipinski definition) is 10. The molecule has 0 spiro atoms. The number of carbonyl (C=O) groups excluding carboxylic acids is 2. The molecule has 0 aromatic rings. The maximum Gasteiger partial charge on any atom is 0.305 e.